The molecule has 1 aromatic rings. The molecule has 0 saturated carbocycles. The van der Waals surface area contributed by atoms with E-state index in [1.165, 1.54) is 6.20 Å². The number of aromatic amines is 1. The highest BCUT2D eigenvalue weighted by atomic mass is 16.6. The first-order valence-corrected chi connectivity index (χ1v) is 3.58. The van der Waals surface area contributed by atoms with Crippen LogP contribution in [-0.2, 0) is 5.41 Å². The Hall–Kier alpha value is -1.90. The van der Waals surface area contributed by atoms with Gasteiger partial charge in [-0.2, -0.15) is 5.26 Å². The molecule has 13 heavy (non-hydrogen) atoms. The number of nitro groups is 1. The Morgan fingerprint density at radius 3 is 2.85 bits per heavy atom. The van der Waals surface area contributed by atoms with Gasteiger partial charge < -0.3 is 10.1 Å². The molecule has 1 heterocycles. The summed E-state index contributed by atoms with van der Waals surface area (Å²) in [5.74, 6) is -0.216. The molecule has 0 aliphatic carbocycles. The van der Waals surface area contributed by atoms with Crippen LogP contribution in [0.15, 0.2) is 6.20 Å². The van der Waals surface area contributed by atoms with Gasteiger partial charge in [-0.15, -0.1) is 5.10 Å². The maximum Gasteiger partial charge on any atom is 0.347 e. The zero-order valence-corrected chi connectivity index (χ0v) is 7.24. The predicted octanol–water partition coefficient (Wildman–Crippen LogP) is 1.12. The van der Waals surface area contributed by atoms with Crippen LogP contribution in [0.25, 0.3) is 0 Å². The maximum absolute atomic E-state index is 10.5. The van der Waals surface area contributed by atoms with Gasteiger partial charge in [-0.3, -0.25) is 0 Å². The number of nitrogens with zero attached hydrogens (tertiary/aromatic N) is 3. The average molecular weight is 180 g/mol. The molecule has 0 aromatic carbocycles. The standard InChI is InChI=1S/C7H8N4O2/c1-7(2,4-8)5-3-9-10-6(5)11(12)13/h3H,1-2H3,(H,9,10). The van der Waals surface area contributed by atoms with Crippen LogP contribution in [0.3, 0.4) is 0 Å². The third-order valence-corrected chi connectivity index (χ3v) is 1.75. The Bertz CT molecular complexity index is 374. The summed E-state index contributed by atoms with van der Waals surface area (Å²) in [6.07, 6.45) is 1.31. The fourth-order valence-electron chi connectivity index (χ4n) is 0.936. The summed E-state index contributed by atoms with van der Waals surface area (Å²) < 4.78 is 0. The Balaban J connectivity index is 3.24. The van der Waals surface area contributed by atoms with Gasteiger partial charge in [-0.1, -0.05) is 5.10 Å². The summed E-state index contributed by atoms with van der Waals surface area (Å²) in [5, 5.41) is 25.0. The molecule has 0 unspecified atom stereocenters. The summed E-state index contributed by atoms with van der Waals surface area (Å²) in [7, 11) is 0. The highest BCUT2D eigenvalue weighted by Gasteiger charge is 2.30. The fraction of sp³-hybridized carbons (Fsp3) is 0.429. The van der Waals surface area contributed by atoms with Crippen molar-refractivity contribution in [3.05, 3.63) is 21.9 Å². The lowest BCUT2D eigenvalue weighted by molar-refractivity contribution is -0.390. The number of H-pyrrole nitrogens is 1. The Morgan fingerprint density at radius 1 is 1.77 bits per heavy atom. The van der Waals surface area contributed by atoms with Crippen LogP contribution in [0, 0.1) is 21.4 Å². The van der Waals surface area contributed by atoms with Crippen molar-refractivity contribution in [2.24, 2.45) is 0 Å². The summed E-state index contributed by atoms with van der Waals surface area (Å²) in [6.45, 7) is 3.20. The minimum absolute atomic E-state index is 0.216. The maximum atomic E-state index is 10.5. The van der Waals surface area contributed by atoms with Crippen molar-refractivity contribution in [1.82, 2.24) is 10.2 Å². The van der Waals surface area contributed by atoms with Crippen molar-refractivity contribution in [1.29, 1.82) is 5.26 Å². The molecule has 0 fully saturated rings. The molecular weight excluding hydrogens is 172 g/mol. The first kappa shape index (κ1) is 9.19. The zero-order chi connectivity index (χ0) is 10.1. The van der Waals surface area contributed by atoms with Crippen molar-refractivity contribution >= 4 is 5.82 Å². The van der Waals surface area contributed by atoms with E-state index in [0.29, 0.717) is 5.56 Å². The lowest BCUT2D eigenvalue weighted by Crippen LogP contribution is -2.14. The van der Waals surface area contributed by atoms with E-state index in [0.717, 1.165) is 0 Å². The average Bonchev–Trinajstić information content (AvgIpc) is 2.52. The molecule has 1 rings (SSSR count). The second kappa shape index (κ2) is 2.86. The van der Waals surface area contributed by atoms with Crippen molar-refractivity contribution in [2.45, 2.75) is 19.3 Å². The Morgan fingerprint density at radius 2 is 2.38 bits per heavy atom. The fourth-order valence-corrected chi connectivity index (χ4v) is 0.936. The van der Waals surface area contributed by atoms with Gasteiger partial charge in [-0.25, -0.2) is 0 Å². The topological polar surface area (TPSA) is 95.6 Å². The summed E-state index contributed by atoms with van der Waals surface area (Å²) in [5.41, 5.74) is -0.588. The number of aromatic nitrogens is 2. The minimum Gasteiger partial charge on any atom is -0.358 e. The molecule has 0 aliphatic heterocycles. The molecule has 1 aromatic heterocycles. The zero-order valence-electron chi connectivity index (χ0n) is 7.24. The van der Waals surface area contributed by atoms with Gasteiger partial charge in [0, 0.05) is 0 Å². The van der Waals surface area contributed by atoms with Gasteiger partial charge in [0.05, 0.1) is 23.2 Å². The molecule has 0 radical (unpaired) electrons. The Labute approximate surface area is 74.3 Å². The molecule has 0 bridgehead atoms. The number of hydrogen-bond donors (Lipinski definition) is 1. The second-order valence-corrected chi connectivity index (χ2v) is 3.13. The van der Waals surface area contributed by atoms with Gasteiger partial charge in [-0.05, 0) is 18.8 Å². The third kappa shape index (κ3) is 1.49. The number of nitrogens with one attached hydrogen (secondary N) is 1. The molecule has 1 N–H and O–H groups in total. The molecule has 68 valence electrons. The van der Waals surface area contributed by atoms with E-state index in [2.05, 4.69) is 10.2 Å². The van der Waals surface area contributed by atoms with Gasteiger partial charge in [0.15, 0.2) is 0 Å². The van der Waals surface area contributed by atoms with Gasteiger partial charge >= 0.3 is 5.82 Å². The first-order chi connectivity index (χ1) is 5.99. The number of rotatable bonds is 2. The minimum atomic E-state index is -0.893. The molecule has 0 saturated heterocycles. The van der Waals surface area contributed by atoms with Crippen molar-refractivity contribution in [3.63, 3.8) is 0 Å². The van der Waals surface area contributed by atoms with Gasteiger partial charge in [0.2, 0.25) is 0 Å². The van der Waals surface area contributed by atoms with E-state index in [1.54, 1.807) is 13.8 Å². The third-order valence-electron chi connectivity index (χ3n) is 1.75. The lowest BCUT2D eigenvalue weighted by Gasteiger charge is -2.11. The van der Waals surface area contributed by atoms with E-state index in [9.17, 15) is 10.1 Å². The summed E-state index contributed by atoms with van der Waals surface area (Å²) in [6, 6.07) is 1.97. The van der Waals surface area contributed by atoms with Crippen LogP contribution in [-0.4, -0.2) is 15.1 Å². The molecular formula is C7H8N4O2. The van der Waals surface area contributed by atoms with Crippen molar-refractivity contribution in [2.75, 3.05) is 0 Å². The highest BCUT2D eigenvalue weighted by molar-refractivity contribution is 5.40. The van der Waals surface area contributed by atoms with Crippen LogP contribution in [0.5, 0.6) is 0 Å². The monoisotopic (exact) mass is 180 g/mol. The van der Waals surface area contributed by atoms with E-state index in [4.69, 9.17) is 5.26 Å². The normalized spacial score (nSPS) is 10.8. The van der Waals surface area contributed by atoms with Gasteiger partial charge in [0.25, 0.3) is 0 Å². The molecule has 0 atom stereocenters. The second-order valence-electron chi connectivity index (χ2n) is 3.13. The molecule has 6 heteroatoms. The van der Waals surface area contributed by atoms with Gasteiger partial charge in [0.1, 0.15) is 0 Å². The Kier molecular flexibility index (Phi) is 2.02. The van der Waals surface area contributed by atoms with Crippen LogP contribution >= 0.6 is 0 Å². The number of nitriles is 1. The van der Waals surface area contributed by atoms with Crippen LogP contribution < -0.4 is 0 Å². The number of hydrogen-bond acceptors (Lipinski definition) is 4. The van der Waals surface area contributed by atoms with Crippen LogP contribution in [0.4, 0.5) is 5.82 Å². The van der Waals surface area contributed by atoms with E-state index in [1.807, 2.05) is 6.07 Å². The SMILES string of the molecule is CC(C)(C#N)c1cn[nH]c1[N+](=O)[O-]. The largest absolute Gasteiger partial charge is 0.358 e. The highest BCUT2D eigenvalue weighted by Crippen LogP contribution is 2.28. The van der Waals surface area contributed by atoms with E-state index >= 15 is 0 Å². The first-order valence-electron chi connectivity index (χ1n) is 3.58. The molecule has 0 spiro atoms. The van der Waals surface area contributed by atoms with Crippen LogP contribution in [0.1, 0.15) is 19.4 Å². The van der Waals surface area contributed by atoms with Crippen LogP contribution in [0.2, 0.25) is 0 Å². The molecule has 0 amide bonds. The van der Waals surface area contributed by atoms with Crippen molar-refractivity contribution < 1.29 is 4.92 Å². The smallest absolute Gasteiger partial charge is 0.347 e. The van der Waals surface area contributed by atoms with E-state index < -0.39 is 10.3 Å². The van der Waals surface area contributed by atoms with E-state index in [-0.39, 0.29) is 5.82 Å². The predicted molar refractivity (Wildman–Crippen MR) is 43.9 cm³/mol. The molecule has 6 nitrogen and oxygen atoms in total. The lowest BCUT2D eigenvalue weighted by atomic mass is 9.88. The summed E-state index contributed by atoms with van der Waals surface area (Å²) in [4.78, 5) is 9.89. The molecule has 0 aliphatic rings. The van der Waals surface area contributed by atoms with Crippen molar-refractivity contribution in [3.8, 4) is 6.07 Å². The summed E-state index contributed by atoms with van der Waals surface area (Å²) >= 11 is 0. The quantitative estimate of drug-likeness (QED) is 0.544.